The molecule has 0 radical (unpaired) electrons. The van der Waals surface area contributed by atoms with Crippen molar-refractivity contribution >= 4 is 24.0 Å². The molecule has 2 atom stereocenters. The van der Waals surface area contributed by atoms with Gasteiger partial charge >= 0.3 is 12.1 Å². The number of hydrogen-bond acceptors (Lipinski definition) is 10. The minimum atomic E-state index is -0.734. The SMILES string of the molecule is CN(C(=O)c1cnc(N2C[C@H](NC(=O)OC(C)(C)C)[C@@H](c3cc(F)ccc3F)C2)nc1)C1CCN(c2nc(C(C)(C)C)no2)CC1. The van der Waals surface area contributed by atoms with Crippen LogP contribution in [0.4, 0.5) is 25.5 Å². The molecule has 1 aromatic carbocycles. The maximum absolute atomic E-state index is 14.8. The quantitative estimate of drug-likeness (QED) is 0.406. The van der Waals surface area contributed by atoms with E-state index in [1.165, 1.54) is 12.4 Å². The Hall–Kier alpha value is -4.36. The number of carbonyl (C=O) groups is 2. The second-order valence-electron chi connectivity index (χ2n) is 14.0. The minimum Gasteiger partial charge on any atom is -0.444 e. The van der Waals surface area contributed by atoms with Crippen molar-refractivity contribution in [3.63, 3.8) is 0 Å². The van der Waals surface area contributed by atoms with Crippen LogP contribution in [-0.4, -0.2) is 87.9 Å². The molecule has 0 unspecified atom stereocenters. The van der Waals surface area contributed by atoms with Gasteiger partial charge in [0.15, 0.2) is 5.82 Å². The van der Waals surface area contributed by atoms with E-state index in [-0.39, 0.29) is 36.0 Å². The van der Waals surface area contributed by atoms with E-state index >= 15 is 0 Å². The number of piperidine rings is 1. The molecule has 4 heterocycles. The molecule has 0 bridgehead atoms. The highest BCUT2D eigenvalue weighted by molar-refractivity contribution is 5.93. The van der Waals surface area contributed by atoms with Crippen molar-refractivity contribution in [2.45, 2.75) is 83.4 Å². The minimum absolute atomic E-state index is 0.00799. The summed E-state index contributed by atoms with van der Waals surface area (Å²) in [5, 5.41) is 6.92. The molecule has 3 aromatic rings. The number of halogens is 2. The first-order chi connectivity index (χ1) is 21.6. The number of aromatic nitrogens is 4. The molecule has 5 rings (SSSR count). The fourth-order valence-electron chi connectivity index (χ4n) is 5.74. The highest BCUT2D eigenvalue weighted by atomic mass is 19.1. The van der Waals surface area contributed by atoms with Crippen LogP contribution in [0.3, 0.4) is 0 Å². The average molecular weight is 641 g/mol. The lowest BCUT2D eigenvalue weighted by molar-refractivity contribution is 0.0504. The average Bonchev–Trinajstić information content (AvgIpc) is 3.65. The molecule has 2 saturated heterocycles. The zero-order valence-corrected chi connectivity index (χ0v) is 27.4. The Kier molecular flexibility index (Phi) is 9.19. The van der Waals surface area contributed by atoms with Crippen LogP contribution in [0.2, 0.25) is 0 Å². The third-order valence-corrected chi connectivity index (χ3v) is 8.24. The van der Waals surface area contributed by atoms with Crippen molar-refractivity contribution in [1.29, 1.82) is 0 Å². The molecule has 2 aliphatic rings. The van der Waals surface area contributed by atoms with Crippen molar-refractivity contribution in [2.75, 3.05) is 43.0 Å². The Morgan fingerprint density at radius 1 is 1.02 bits per heavy atom. The van der Waals surface area contributed by atoms with Crippen molar-refractivity contribution in [3.8, 4) is 0 Å². The number of rotatable bonds is 6. The first kappa shape index (κ1) is 33.0. The maximum Gasteiger partial charge on any atom is 0.407 e. The van der Waals surface area contributed by atoms with E-state index in [0.29, 0.717) is 36.4 Å². The van der Waals surface area contributed by atoms with Gasteiger partial charge in [0.1, 0.15) is 17.2 Å². The lowest BCUT2D eigenvalue weighted by Gasteiger charge is -2.35. The molecule has 2 amide bonds. The van der Waals surface area contributed by atoms with Crippen molar-refractivity contribution in [2.24, 2.45) is 0 Å². The number of ether oxygens (including phenoxy) is 1. The van der Waals surface area contributed by atoms with Crippen LogP contribution in [0.5, 0.6) is 0 Å². The highest BCUT2D eigenvalue weighted by Crippen LogP contribution is 2.32. The molecule has 2 aliphatic heterocycles. The van der Waals surface area contributed by atoms with Crippen LogP contribution in [0, 0.1) is 11.6 Å². The van der Waals surface area contributed by atoms with Gasteiger partial charge in [0, 0.05) is 63.0 Å². The van der Waals surface area contributed by atoms with Gasteiger partial charge in [-0.25, -0.2) is 23.5 Å². The van der Waals surface area contributed by atoms with E-state index in [0.717, 1.165) is 31.0 Å². The Morgan fingerprint density at radius 2 is 1.70 bits per heavy atom. The molecule has 248 valence electrons. The fourth-order valence-corrected chi connectivity index (χ4v) is 5.74. The molecule has 0 aliphatic carbocycles. The molecule has 12 nitrogen and oxygen atoms in total. The summed E-state index contributed by atoms with van der Waals surface area (Å²) in [6, 6.07) is 3.16. The summed E-state index contributed by atoms with van der Waals surface area (Å²) >= 11 is 0. The lowest BCUT2D eigenvalue weighted by atomic mass is 9.94. The number of hydrogen-bond donors (Lipinski definition) is 1. The first-order valence-electron chi connectivity index (χ1n) is 15.5. The van der Waals surface area contributed by atoms with Crippen molar-refractivity contribution < 1.29 is 27.6 Å². The highest BCUT2D eigenvalue weighted by Gasteiger charge is 2.39. The summed E-state index contributed by atoms with van der Waals surface area (Å²) < 4.78 is 39.9. The van der Waals surface area contributed by atoms with E-state index in [9.17, 15) is 18.4 Å². The predicted molar refractivity (Wildman–Crippen MR) is 167 cm³/mol. The Morgan fingerprint density at radius 3 is 2.30 bits per heavy atom. The molecule has 0 saturated carbocycles. The number of nitrogens with one attached hydrogen (secondary N) is 1. The van der Waals surface area contributed by atoms with Gasteiger partial charge in [0.2, 0.25) is 5.95 Å². The van der Waals surface area contributed by atoms with Gasteiger partial charge in [-0.3, -0.25) is 4.79 Å². The van der Waals surface area contributed by atoms with E-state index < -0.39 is 35.3 Å². The number of amides is 2. The summed E-state index contributed by atoms with van der Waals surface area (Å²) in [4.78, 5) is 45.0. The van der Waals surface area contributed by atoms with Gasteiger partial charge in [0.25, 0.3) is 5.91 Å². The van der Waals surface area contributed by atoms with E-state index in [1.54, 1.807) is 37.6 Å². The molecule has 46 heavy (non-hydrogen) atoms. The molecule has 14 heteroatoms. The van der Waals surface area contributed by atoms with E-state index in [4.69, 9.17) is 9.26 Å². The molecular weight excluding hydrogens is 598 g/mol. The summed E-state index contributed by atoms with van der Waals surface area (Å²) in [6.07, 6.45) is 3.73. The Labute approximate surface area is 267 Å². The third-order valence-electron chi connectivity index (χ3n) is 8.24. The van der Waals surface area contributed by atoms with Crippen LogP contribution >= 0.6 is 0 Å². The number of benzene rings is 1. The summed E-state index contributed by atoms with van der Waals surface area (Å²) in [5.41, 5.74) is -0.479. The molecule has 0 spiro atoms. The van der Waals surface area contributed by atoms with Crippen molar-refractivity contribution in [3.05, 3.63) is 59.2 Å². The fraction of sp³-hybridized carbons (Fsp3) is 0.562. The van der Waals surface area contributed by atoms with Gasteiger partial charge < -0.3 is 29.3 Å². The number of anilines is 2. The monoisotopic (exact) mass is 640 g/mol. The van der Waals surface area contributed by atoms with E-state index in [2.05, 4.69) is 25.4 Å². The standard InChI is InChI=1S/C32H42F2N8O4/c1-31(2,3)27-38-29(46-39-27)41-12-10-21(11-13-41)40(7)26(43)19-15-35-28(36-16-19)42-17-23(22-14-20(33)8-9-24(22)34)25(18-42)37-30(44)45-32(4,5)6/h8-9,14-16,21,23,25H,10-13,17-18H2,1-7H3,(H,37,44)/t23-,25+/m1/s1. The predicted octanol–water partition coefficient (Wildman–Crippen LogP) is 4.67. The third kappa shape index (κ3) is 7.53. The number of carbonyl (C=O) groups excluding carboxylic acids is 2. The van der Waals surface area contributed by atoms with Crippen molar-refractivity contribution in [1.82, 2.24) is 30.3 Å². The van der Waals surface area contributed by atoms with Gasteiger partial charge in [-0.15, -0.1) is 0 Å². The molecule has 1 N–H and O–H groups in total. The number of nitrogens with zero attached hydrogens (tertiary/aromatic N) is 7. The summed E-state index contributed by atoms with van der Waals surface area (Å²) in [5.74, 6) is -1.01. The molecule has 2 aromatic heterocycles. The maximum atomic E-state index is 14.8. The zero-order chi connectivity index (χ0) is 33.4. The second-order valence-corrected chi connectivity index (χ2v) is 14.0. The van der Waals surface area contributed by atoms with Crippen LogP contribution in [0.1, 0.15) is 82.0 Å². The van der Waals surface area contributed by atoms with Crippen LogP contribution in [0.15, 0.2) is 35.1 Å². The number of alkyl carbamates (subject to hydrolysis) is 1. The Balaban J connectivity index is 1.23. The summed E-state index contributed by atoms with van der Waals surface area (Å²) in [6.45, 7) is 13.1. The zero-order valence-electron chi connectivity index (χ0n) is 27.4. The van der Waals surface area contributed by atoms with Crippen LogP contribution in [0.25, 0.3) is 0 Å². The molecular formula is C32H42F2N8O4. The van der Waals surface area contributed by atoms with Gasteiger partial charge in [-0.2, -0.15) is 4.98 Å². The first-order valence-corrected chi connectivity index (χ1v) is 15.5. The second kappa shape index (κ2) is 12.8. The summed E-state index contributed by atoms with van der Waals surface area (Å²) in [7, 11) is 1.77. The van der Waals surface area contributed by atoms with Crippen LogP contribution < -0.4 is 15.1 Å². The smallest absolute Gasteiger partial charge is 0.407 e. The molecule has 2 fully saturated rings. The Bertz CT molecular complexity index is 1540. The normalized spacial score (nSPS) is 19.3. The largest absolute Gasteiger partial charge is 0.444 e. The van der Waals surface area contributed by atoms with Crippen LogP contribution in [-0.2, 0) is 10.2 Å². The van der Waals surface area contributed by atoms with Gasteiger partial charge in [-0.1, -0.05) is 25.9 Å². The topological polar surface area (TPSA) is 130 Å². The van der Waals surface area contributed by atoms with Gasteiger partial charge in [-0.05, 0) is 57.4 Å². The van der Waals surface area contributed by atoms with E-state index in [1.807, 2.05) is 25.7 Å². The van der Waals surface area contributed by atoms with Gasteiger partial charge in [0.05, 0.1) is 11.6 Å². The lowest BCUT2D eigenvalue weighted by Crippen LogP contribution is -2.45.